The molecular formula is C16H15Br3N2O3S. The molecule has 2 aromatic rings. The smallest absolute Gasteiger partial charge is 0.242 e. The number of nitrogens with one attached hydrogen (secondary N) is 2. The van der Waals surface area contributed by atoms with Crippen LogP contribution in [0.25, 0.3) is 0 Å². The summed E-state index contributed by atoms with van der Waals surface area (Å²) >= 11 is 10.0. The van der Waals surface area contributed by atoms with Crippen LogP contribution in [-0.4, -0.2) is 20.4 Å². The van der Waals surface area contributed by atoms with E-state index in [1.807, 2.05) is 13.0 Å². The molecule has 25 heavy (non-hydrogen) atoms. The topological polar surface area (TPSA) is 75.3 Å². The summed E-state index contributed by atoms with van der Waals surface area (Å²) in [5.74, 6) is -0.452. The predicted molar refractivity (Wildman–Crippen MR) is 109 cm³/mol. The largest absolute Gasteiger partial charge is 0.323 e. The van der Waals surface area contributed by atoms with E-state index in [2.05, 4.69) is 57.8 Å². The van der Waals surface area contributed by atoms with Crippen LogP contribution >= 0.6 is 47.8 Å². The summed E-state index contributed by atoms with van der Waals surface area (Å²) in [6.07, 6.45) is 0. The Kier molecular flexibility index (Phi) is 6.83. The first-order valence-electron chi connectivity index (χ1n) is 7.14. The number of hydrogen-bond acceptors (Lipinski definition) is 3. The number of carbonyl (C=O) groups is 1. The van der Waals surface area contributed by atoms with Crippen molar-refractivity contribution in [2.24, 2.45) is 0 Å². The Bertz CT molecular complexity index is 876. The van der Waals surface area contributed by atoms with Crippen LogP contribution < -0.4 is 10.0 Å². The van der Waals surface area contributed by atoms with E-state index in [0.29, 0.717) is 10.2 Å². The van der Waals surface area contributed by atoms with Crippen LogP contribution in [0.2, 0.25) is 0 Å². The minimum Gasteiger partial charge on any atom is -0.323 e. The molecule has 9 heteroatoms. The number of amides is 1. The minimum atomic E-state index is -3.79. The number of sulfonamides is 1. The van der Waals surface area contributed by atoms with Crippen LogP contribution in [0.4, 0.5) is 5.69 Å². The van der Waals surface area contributed by atoms with Crippen LogP contribution in [-0.2, 0) is 14.8 Å². The van der Waals surface area contributed by atoms with Gasteiger partial charge in [0.05, 0.1) is 16.6 Å². The summed E-state index contributed by atoms with van der Waals surface area (Å²) in [4.78, 5) is 12.5. The second-order valence-corrected chi connectivity index (χ2v) is 9.77. The molecule has 0 aliphatic carbocycles. The van der Waals surface area contributed by atoms with Gasteiger partial charge in [0.25, 0.3) is 0 Å². The number of carbonyl (C=O) groups excluding carboxylic acids is 1. The third-order valence-corrected chi connectivity index (χ3v) is 6.52. The summed E-state index contributed by atoms with van der Waals surface area (Å²) in [6, 6.07) is 8.90. The number of hydrogen-bond donors (Lipinski definition) is 2. The molecule has 2 rings (SSSR count). The first kappa shape index (κ1) is 20.6. The Morgan fingerprint density at radius 2 is 1.64 bits per heavy atom. The molecule has 1 atom stereocenters. The van der Waals surface area contributed by atoms with Crippen molar-refractivity contribution in [1.82, 2.24) is 4.72 Å². The molecule has 5 nitrogen and oxygen atoms in total. The summed E-state index contributed by atoms with van der Waals surface area (Å²) < 4.78 is 29.5. The lowest BCUT2D eigenvalue weighted by molar-refractivity contribution is -0.117. The van der Waals surface area contributed by atoms with Crippen molar-refractivity contribution in [1.29, 1.82) is 0 Å². The van der Waals surface area contributed by atoms with E-state index < -0.39 is 22.0 Å². The number of aryl methyl sites for hydroxylation is 1. The zero-order valence-electron chi connectivity index (χ0n) is 13.3. The van der Waals surface area contributed by atoms with Crippen molar-refractivity contribution >= 4 is 69.4 Å². The van der Waals surface area contributed by atoms with Crippen molar-refractivity contribution in [3.05, 3.63) is 55.4 Å². The third-order valence-electron chi connectivity index (χ3n) is 3.35. The van der Waals surface area contributed by atoms with Crippen molar-refractivity contribution in [3.63, 3.8) is 0 Å². The van der Waals surface area contributed by atoms with E-state index in [-0.39, 0.29) is 4.90 Å². The molecule has 2 aromatic carbocycles. The lowest BCUT2D eigenvalue weighted by atomic mass is 10.2. The monoisotopic (exact) mass is 552 g/mol. The summed E-state index contributed by atoms with van der Waals surface area (Å²) in [5.41, 5.74) is 1.44. The van der Waals surface area contributed by atoms with Gasteiger partial charge in [0, 0.05) is 13.4 Å². The molecule has 0 aliphatic heterocycles. The fraction of sp³-hybridized carbons (Fsp3) is 0.188. The van der Waals surface area contributed by atoms with Gasteiger partial charge in [-0.25, -0.2) is 8.42 Å². The number of rotatable bonds is 5. The fourth-order valence-corrected chi connectivity index (χ4v) is 5.07. The van der Waals surface area contributed by atoms with E-state index >= 15 is 0 Å². The molecule has 0 saturated carbocycles. The highest BCUT2D eigenvalue weighted by molar-refractivity contribution is 9.11. The van der Waals surface area contributed by atoms with Gasteiger partial charge >= 0.3 is 0 Å². The zero-order chi connectivity index (χ0) is 18.8. The van der Waals surface area contributed by atoms with Gasteiger partial charge in [-0.2, -0.15) is 4.72 Å². The Labute approximate surface area is 172 Å². The van der Waals surface area contributed by atoms with Crippen LogP contribution in [0.3, 0.4) is 0 Å². The van der Waals surface area contributed by atoms with E-state index in [1.165, 1.54) is 19.1 Å². The van der Waals surface area contributed by atoms with Crippen molar-refractivity contribution in [2.75, 3.05) is 5.32 Å². The van der Waals surface area contributed by atoms with E-state index in [1.54, 1.807) is 18.2 Å². The molecule has 134 valence electrons. The average molecular weight is 555 g/mol. The lowest BCUT2D eigenvalue weighted by Gasteiger charge is -2.17. The van der Waals surface area contributed by atoms with Crippen LogP contribution in [0, 0.1) is 6.92 Å². The van der Waals surface area contributed by atoms with Gasteiger partial charge in [0.15, 0.2) is 0 Å². The predicted octanol–water partition coefficient (Wildman–Crippen LogP) is 4.59. The minimum absolute atomic E-state index is 0.0938. The molecule has 1 amide bonds. The molecule has 0 aromatic heterocycles. The van der Waals surface area contributed by atoms with Gasteiger partial charge in [0.2, 0.25) is 15.9 Å². The summed E-state index contributed by atoms with van der Waals surface area (Å²) in [5, 5.41) is 2.75. The number of anilines is 1. The molecular weight excluding hydrogens is 540 g/mol. The molecule has 0 aliphatic rings. The average Bonchev–Trinajstić information content (AvgIpc) is 2.50. The highest BCUT2D eigenvalue weighted by Crippen LogP contribution is 2.30. The van der Waals surface area contributed by atoms with Crippen LogP contribution in [0.15, 0.2) is 54.7 Å². The molecule has 0 fully saturated rings. The first-order valence-corrected chi connectivity index (χ1v) is 11.0. The highest BCUT2D eigenvalue weighted by atomic mass is 79.9. The molecule has 1 unspecified atom stereocenters. The van der Waals surface area contributed by atoms with Crippen molar-refractivity contribution in [2.45, 2.75) is 24.8 Å². The van der Waals surface area contributed by atoms with Gasteiger partial charge < -0.3 is 5.32 Å². The quantitative estimate of drug-likeness (QED) is 0.568. The third kappa shape index (κ3) is 5.37. The van der Waals surface area contributed by atoms with E-state index in [0.717, 1.165) is 14.5 Å². The van der Waals surface area contributed by atoms with Crippen LogP contribution in [0.1, 0.15) is 12.5 Å². The second-order valence-electron chi connectivity index (χ2n) is 5.37. The van der Waals surface area contributed by atoms with Crippen molar-refractivity contribution in [3.8, 4) is 0 Å². The highest BCUT2D eigenvalue weighted by Gasteiger charge is 2.23. The Balaban J connectivity index is 2.14. The molecule has 0 saturated heterocycles. The molecule has 2 N–H and O–H groups in total. The fourth-order valence-electron chi connectivity index (χ4n) is 2.06. The Hall–Kier alpha value is -0.740. The molecule has 0 bridgehead atoms. The Morgan fingerprint density at radius 1 is 1.04 bits per heavy atom. The maximum Gasteiger partial charge on any atom is 0.242 e. The zero-order valence-corrected chi connectivity index (χ0v) is 18.9. The maximum absolute atomic E-state index is 12.4. The van der Waals surface area contributed by atoms with Gasteiger partial charge in [-0.15, -0.1) is 0 Å². The SMILES string of the molecule is Cc1cc(Br)cc(Br)c1NC(=O)C(C)NS(=O)(=O)c1ccc(Br)cc1. The number of benzene rings is 2. The normalized spacial score (nSPS) is 12.7. The van der Waals surface area contributed by atoms with E-state index in [9.17, 15) is 13.2 Å². The maximum atomic E-state index is 12.4. The van der Waals surface area contributed by atoms with Gasteiger partial charge in [-0.1, -0.05) is 31.9 Å². The van der Waals surface area contributed by atoms with Crippen LogP contribution in [0.5, 0.6) is 0 Å². The Morgan fingerprint density at radius 3 is 2.20 bits per heavy atom. The van der Waals surface area contributed by atoms with Gasteiger partial charge in [-0.3, -0.25) is 4.79 Å². The number of halogens is 3. The van der Waals surface area contributed by atoms with Crippen molar-refractivity contribution < 1.29 is 13.2 Å². The van der Waals surface area contributed by atoms with Gasteiger partial charge in [0.1, 0.15) is 0 Å². The standard InChI is InChI=1S/C16H15Br3N2O3S/c1-9-7-12(18)8-14(19)15(9)20-16(22)10(2)21-25(23,24)13-5-3-11(17)4-6-13/h3-8,10,21H,1-2H3,(H,20,22). The summed E-state index contributed by atoms with van der Waals surface area (Å²) in [7, 11) is -3.79. The molecule has 0 heterocycles. The van der Waals surface area contributed by atoms with Gasteiger partial charge in [-0.05, 0) is 71.7 Å². The second kappa shape index (κ2) is 8.30. The summed E-state index contributed by atoms with van der Waals surface area (Å²) in [6.45, 7) is 3.34. The first-order chi connectivity index (χ1) is 11.6. The van der Waals surface area contributed by atoms with E-state index in [4.69, 9.17) is 0 Å². The lowest BCUT2D eigenvalue weighted by Crippen LogP contribution is -2.41. The molecule has 0 radical (unpaired) electrons. The molecule has 0 spiro atoms.